The number of rotatable bonds is 3. The molecule has 1 saturated heterocycles. The molecule has 0 saturated carbocycles. The standard InChI is InChI=1S/C18H21F3N4O/c1-13-3-5-14(6-4-13)12-24-7-9-25(10-8-24)17(26)15-11-16(18(19,20)21)22-23(15)2/h3-6,11H,7-10,12H2,1-2H3. The largest absolute Gasteiger partial charge is 0.435 e. The lowest BCUT2D eigenvalue weighted by Gasteiger charge is -2.34. The number of carbonyl (C=O) groups is 1. The number of halogens is 3. The molecule has 140 valence electrons. The van der Waals surface area contributed by atoms with Crippen molar-refractivity contribution in [1.29, 1.82) is 0 Å². The maximum Gasteiger partial charge on any atom is 0.435 e. The number of hydrogen-bond donors (Lipinski definition) is 0. The Hall–Kier alpha value is -2.35. The van der Waals surface area contributed by atoms with E-state index in [-0.39, 0.29) is 5.69 Å². The summed E-state index contributed by atoms with van der Waals surface area (Å²) in [4.78, 5) is 16.4. The molecule has 0 aliphatic carbocycles. The zero-order valence-corrected chi connectivity index (χ0v) is 14.8. The van der Waals surface area contributed by atoms with Crippen LogP contribution in [-0.4, -0.2) is 51.7 Å². The Balaban J connectivity index is 1.60. The molecule has 1 fully saturated rings. The van der Waals surface area contributed by atoms with E-state index in [9.17, 15) is 18.0 Å². The second-order valence-electron chi connectivity index (χ2n) is 6.59. The van der Waals surface area contributed by atoms with Crippen LogP contribution in [0.1, 0.15) is 27.3 Å². The predicted octanol–water partition coefficient (Wildman–Crippen LogP) is 2.71. The van der Waals surface area contributed by atoms with Crippen LogP contribution >= 0.6 is 0 Å². The zero-order chi connectivity index (χ0) is 18.9. The number of aryl methyl sites for hydroxylation is 2. The Bertz CT molecular complexity index is 775. The molecule has 0 unspecified atom stereocenters. The number of hydrogen-bond acceptors (Lipinski definition) is 3. The molecule has 2 heterocycles. The molecule has 1 aliphatic heterocycles. The Morgan fingerprint density at radius 3 is 2.27 bits per heavy atom. The number of aromatic nitrogens is 2. The van der Waals surface area contributed by atoms with Crippen LogP contribution in [0.3, 0.4) is 0 Å². The van der Waals surface area contributed by atoms with Crippen LogP contribution < -0.4 is 0 Å². The minimum absolute atomic E-state index is 0.0377. The van der Waals surface area contributed by atoms with Gasteiger partial charge in [-0.2, -0.15) is 18.3 Å². The monoisotopic (exact) mass is 366 g/mol. The molecule has 0 spiro atoms. The molecule has 26 heavy (non-hydrogen) atoms. The van der Waals surface area contributed by atoms with Crippen LogP contribution in [0.5, 0.6) is 0 Å². The van der Waals surface area contributed by atoms with Crippen molar-refractivity contribution in [2.45, 2.75) is 19.6 Å². The Labute approximate surface area is 150 Å². The second-order valence-corrected chi connectivity index (χ2v) is 6.59. The third-order valence-corrected chi connectivity index (χ3v) is 4.58. The highest BCUT2D eigenvalue weighted by Gasteiger charge is 2.36. The maximum atomic E-state index is 12.8. The van der Waals surface area contributed by atoms with Gasteiger partial charge in [0.05, 0.1) is 0 Å². The van der Waals surface area contributed by atoms with E-state index >= 15 is 0 Å². The first-order chi connectivity index (χ1) is 12.2. The number of amides is 1. The molecule has 3 rings (SSSR count). The lowest BCUT2D eigenvalue weighted by Crippen LogP contribution is -2.48. The molecule has 1 aromatic carbocycles. The number of carbonyl (C=O) groups excluding carboxylic acids is 1. The van der Waals surface area contributed by atoms with E-state index in [1.54, 1.807) is 4.90 Å². The summed E-state index contributed by atoms with van der Waals surface area (Å²) in [6.45, 7) is 5.17. The van der Waals surface area contributed by atoms with E-state index in [1.807, 2.05) is 6.92 Å². The summed E-state index contributed by atoms with van der Waals surface area (Å²) < 4.78 is 39.3. The normalized spacial score (nSPS) is 16.1. The fraction of sp³-hybridized carbons (Fsp3) is 0.444. The Kier molecular flexibility index (Phi) is 5.04. The second kappa shape index (κ2) is 7.11. The first-order valence-corrected chi connectivity index (χ1v) is 8.42. The van der Waals surface area contributed by atoms with Gasteiger partial charge >= 0.3 is 6.18 Å². The molecule has 5 nitrogen and oxygen atoms in total. The summed E-state index contributed by atoms with van der Waals surface area (Å²) in [6, 6.07) is 9.12. The highest BCUT2D eigenvalue weighted by Crippen LogP contribution is 2.28. The quantitative estimate of drug-likeness (QED) is 0.839. The van der Waals surface area contributed by atoms with E-state index in [1.165, 1.54) is 18.2 Å². The summed E-state index contributed by atoms with van der Waals surface area (Å²) in [5.74, 6) is -0.412. The molecule has 0 N–H and O–H groups in total. The van der Waals surface area contributed by atoms with Gasteiger partial charge in [0.25, 0.3) is 5.91 Å². The molecule has 0 radical (unpaired) electrons. The predicted molar refractivity (Wildman–Crippen MR) is 90.6 cm³/mol. The minimum Gasteiger partial charge on any atom is -0.335 e. The van der Waals surface area contributed by atoms with Crippen molar-refractivity contribution in [2.24, 2.45) is 7.05 Å². The van der Waals surface area contributed by atoms with Gasteiger partial charge in [-0.15, -0.1) is 0 Å². The van der Waals surface area contributed by atoms with E-state index in [4.69, 9.17) is 0 Å². The van der Waals surface area contributed by atoms with Crippen LogP contribution in [0.25, 0.3) is 0 Å². The van der Waals surface area contributed by atoms with Gasteiger partial charge in [0.2, 0.25) is 0 Å². The molecule has 1 aliphatic rings. The van der Waals surface area contributed by atoms with Crippen molar-refractivity contribution < 1.29 is 18.0 Å². The van der Waals surface area contributed by atoms with Crippen molar-refractivity contribution >= 4 is 5.91 Å². The highest BCUT2D eigenvalue weighted by atomic mass is 19.4. The van der Waals surface area contributed by atoms with Crippen molar-refractivity contribution in [2.75, 3.05) is 26.2 Å². The first kappa shape index (κ1) is 18.4. The maximum absolute atomic E-state index is 12.8. The van der Waals surface area contributed by atoms with Gasteiger partial charge in [-0.05, 0) is 12.5 Å². The Morgan fingerprint density at radius 2 is 1.73 bits per heavy atom. The van der Waals surface area contributed by atoms with Gasteiger partial charge in [-0.25, -0.2) is 0 Å². The van der Waals surface area contributed by atoms with E-state index in [2.05, 4.69) is 34.3 Å². The van der Waals surface area contributed by atoms with Crippen LogP contribution in [0.4, 0.5) is 13.2 Å². The molecule has 0 bridgehead atoms. The molecule has 8 heteroatoms. The van der Waals surface area contributed by atoms with E-state index in [0.717, 1.165) is 17.3 Å². The fourth-order valence-electron chi connectivity index (χ4n) is 3.03. The van der Waals surface area contributed by atoms with Gasteiger partial charge in [0, 0.05) is 45.8 Å². The SMILES string of the molecule is Cc1ccc(CN2CCN(C(=O)c3cc(C(F)(F)F)nn3C)CC2)cc1. The molecule has 1 amide bonds. The summed E-state index contributed by atoms with van der Waals surface area (Å²) in [5.41, 5.74) is 1.33. The van der Waals surface area contributed by atoms with E-state index < -0.39 is 17.8 Å². The molecular weight excluding hydrogens is 345 g/mol. The van der Waals surface area contributed by atoms with Gasteiger partial charge in [0.1, 0.15) is 5.69 Å². The third kappa shape index (κ3) is 4.07. The molecule has 2 aromatic rings. The van der Waals surface area contributed by atoms with Crippen molar-refractivity contribution in [3.05, 3.63) is 52.8 Å². The number of benzene rings is 1. The molecule has 0 atom stereocenters. The van der Waals surface area contributed by atoms with Gasteiger partial charge in [-0.3, -0.25) is 14.4 Å². The molecular formula is C18H21F3N4O. The summed E-state index contributed by atoms with van der Waals surface area (Å²) >= 11 is 0. The van der Waals surface area contributed by atoms with Crippen molar-refractivity contribution in [3.63, 3.8) is 0 Å². The third-order valence-electron chi connectivity index (χ3n) is 4.58. The average molecular weight is 366 g/mol. The van der Waals surface area contributed by atoms with E-state index in [0.29, 0.717) is 26.2 Å². The zero-order valence-electron chi connectivity index (χ0n) is 14.8. The van der Waals surface area contributed by atoms with Crippen molar-refractivity contribution in [1.82, 2.24) is 19.6 Å². The summed E-state index contributed by atoms with van der Waals surface area (Å²) in [5, 5.41) is 3.41. The summed E-state index contributed by atoms with van der Waals surface area (Å²) in [7, 11) is 1.36. The van der Waals surface area contributed by atoms with Gasteiger partial charge in [-0.1, -0.05) is 29.8 Å². The minimum atomic E-state index is -4.55. The fourth-order valence-corrected chi connectivity index (χ4v) is 3.03. The van der Waals surface area contributed by atoms with Crippen molar-refractivity contribution in [3.8, 4) is 0 Å². The average Bonchev–Trinajstić information content (AvgIpc) is 2.99. The number of nitrogens with zero attached hydrogens (tertiary/aromatic N) is 4. The van der Waals surface area contributed by atoms with Gasteiger partial charge in [0.15, 0.2) is 5.69 Å². The van der Waals surface area contributed by atoms with Crippen LogP contribution in [-0.2, 0) is 19.8 Å². The van der Waals surface area contributed by atoms with Gasteiger partial charge < -0.3 is 4.90 Å². The summed E-state index contributed by atoms with van der Waals surface area (Å²) in [6.07, 6.45) is -4.55. The number of piperazine rings is 1. The smallest absolute Gasteiger partial charge is 0.335 e. The number of alkyl halides is 3. The first-order valence-electron chi connectivity index (χ1n) is 8.42. The molecule has 1 aromatic heterocycles. The lowest BCUT2D eigenvalue weighted by molar-refractivity contribution is -0.141. The Morgan fingerprint density at radius 1 is 1.12 bits per heavy atom. The highest BCUT2D eigenvalue weighted by molar-refractivity contribution is 5.92. The van der Waals surface area contributed by atoms with Crippen LogP contribution in [0, 0.1) is 6.92 Å². The lowest BCUT2D eigenvalue weighted by atomic mass is 10.1. The topological polar surface area (TPSA) is 41.4 Å². The van der Waals surface area contributed by atoms with Crippen LogP contribution in [0.15, 0.2) is 30.3 Å². The van der Waals surface area contributed by atoms with Crippen LogP contribution in [0.2, 0.25) is 0 Å².